The minimum Gasteiger partial charge on any atom is -0.192 e. The van der Waals surface area contributed by atoms with Crippen molar-refractivity contribution in [1.82, 2.24) is 0 Å². The first kappa shape index (κ1) is 19.6. The van der Waals surface area contributed by atoms with Gasteiger partial charge in [-0.2, -0.15) is 21.0 Å². The average molecular weight is 401 g/mol. The van der Waals surface area contributed by atoms with Crippen LogP contribution < -0.4 is 10.4 Å². The zero-order valence-electron chi connectivity index (χ0n) is 15.8. The Kier molecular flexibility index (Phi) is 5.48. The van der Waals surface area contributed by atoms with Crippen molar-refractivity contribution in [2.24, 2.45) is 0 Å². The van der Waals surface area contributed by atoms with E-state index in [0.717, 1.165) is 37.9 Å². The second kappa shape index (κ2) is 7.84. The lowest BCUT2D eigenvalue weighted by Crippen LogP contribution is -2.30. The SMILES string of the molecule is CCc1cc2c(=C(C#N)C#N)c(=C(C#N)C#N)c3cc(C(C)CC)sc3c2s1. The van der Waals surface area contributed by atoms with Crippen LogP contribution in [0, 0.1) is 45.3 Å². The summed E-state index contributed by atoms with van der Waals surface area (Å²) < 4.78 is 2.04. The topological polar surface area (TPSA) is 95.2 Å². The van der Waals surface area contributed by atoms with Crippen molar-refractivity contribution in [2.45, 2.75) is 39.5 Å². The molecule has 0 spiro atoms. The van der Waals surface area contributed by atoms with E-state index in [2.05, 4.69) is 20.8 Å². The van der Waals surface area contributed by atoms with Crippen LogP contribution in [0.1, 0.15) is 42.9 Å². The van der Waals surface area contributed by atoms with Crippen molar-refractivity contribution in [3.05, 3.63) is 32.3 Å². The highest BCUT2D eigenvalue weighted by Crippen LogP contribution is 2.38. The van der Waals surface area contributed by atoms with Crippen LogP contribution in [0.4, 0.5) is 0 Å². The maximum absolute atomic E-state index is 9.60. The maximum atomic E-state index is 9.60. The molecular formula is C22H16N4S2. The Bertz CT molecular complexity index is 1360. The number of aryl methyl sites for hydroxylation is 1. The molecule has 2 aromatic heterocycles. The van der Waals surface area contributed by atoms with E-state index in [4.69, 9.17) is 0 Å². The van der Waals surface area contributed by atoms with Gasteiger partial charge in [0.2, 0.25) is 0 Å². The first-order chi connectivity index (χ1) is 13.5. The third kappa shape index (κ3) is 2.94. The summed E-state index contributed by atoms with van der Waals surface area (Å²) in [6.45, 7) is 6.33. The third-order valence-electron chi connectivity index (χ3n) is 4.92. The predicted molar refractivity (Wildman–Crippen MR) is 114 cm³/mol. The molecule has 2 heterocycles. The molecule has 0 saturated heterocycles. The zero-order valence-corrected chi connectivity index (χ0v) is 17.4. The van der Waals surface area contributed by atoms with E-state index in [1.54, 1.807) is 22.7 Å². The van der Waals surface area contributed by atoms with Crippen LogP contribution in [0.2, 0.25) is 0 Å². The Morgan fingerprint density at radius 1 is 0.857 bits per heavy atom. The summed E-state index contributed by atoms with van der Waals surface area (Å²) in [6, 6.07) is 11.9. The number of benzene rings is 1. The summed E-state index contributed by atoms with van der Waals surface area (Å²) in [5.41, 5.74) is -0.135. The fourth-order valence-corrected chi connectivity index (χ4v) is 5.80. The van der Waals surface area contributed by atoms with Crippen molar-refractivity contribution >= 4 is 54.0 Å². The molecule has 3 aromatic rings. The van der Waals surface area contributed by atoms with E-state index in [0.29, 0.717) is 16.4 Å². The van der Waals surface area contributed by atoms with E-state index >= 15 is 0 Å². The molecule has 0 amide bonds. The minimum atomic E-state index is -0.0679. The third-order valence-corrected chi connectivity index (χ3v) is 7.73. The molecule has 28 heavy (non-hydrogen) atoms. The van der Waals surface area contributed by atoms with Crippen molar-refractivity contribution < 1.29 is 0 Å². The standard InChI is InChI=1S/C22H16N4S2/c1-4-12(3)18-7-17-20(14(10-25)11-26)19(13(8-23)9-24)16-6-15(5-2)27-21(16)22(17)28-18/h6-7,12H,4-5H2,1-3H3. The molecule has 0 N–H and O–H groups in total. The normalized spacial score (nSPS) is 11.4. The number of nitrogens with zero attached hydrogens (tertiary/aromatic N) is 4. The predicted octanol–water partition coefficient (Wildman–Crippen LogP) is 4.59. The summed E-state index contributed by atoms with van der Waals surface area (Å²) in [4.78, 5) is 2.31. The number of nitriles is 4. The first-order valence-corrected chi connectivity index (χ1v) is 10.5. The van der Waals surface area contributed by atoms with E-state index in [1.165, 1.54) is 4.88 Å². The Hall–Kier alpha value is -3.16. The minimum absolute atomic E-state index is 0.0670. The van der Waals surface area contributed by atoms with Gasteiger partial charge in [0.05, 0.1) is 9.40 Å². The molecule has 0 aliphatic carbocycles. The number of hydrogen-bond donors (Lipinski definition) is 0. The maximum Gasteiger partial charge on any atom is 0.138 e. The molecule has 3 rings (SSSR count). The first-order valence-electron chi connectivity index (χ1n) is 8.91. The lowest BCUT2D eigenvalue weighted by molar-refractivity contribution is 0.748. The molecule has 0 aliphatic rings. The average Bonchev–Trinajstić information content (AvgIpc) is 3.34. The van der Waals surface area contributed by atoms with Crippen molar-refractivity contribution in [1.29, 1.82) is 21.0 Å². The molecule has 0 saturated carbocycles. The van der Waals surface area contributed by atoms with Gasteiger partial charge in [0, 0.05) is 31.0 Å². The van der Waals surface area contributed by atoms with Gasteiger partial charge in [-0.3, -0.25) is 0 Å². The van der Waals surface area contributed by atoms with Gasteiger partial charge < -0.3 is 0 Å². The molecule has 1 atom stereocenters. The van der Waals surface area contributed by atoms with E-state index in [9.17, 15) is 21.0 Å². The molecule has 1 unspecified atom stereocenters. The summed E-state index contributed by atoms with van der Waals surface area (Å²) in [7, 11) is 0. The molecule has 1 aromatic carbocycles. The Labute approximate surface area is 171 Å². The fraction of sp³-hybridized carbons (Fsp3) is 0.273. The van der Waals surface area contributed by atoms with Crippen molar-refractivity contribution in [3.63, 3.8) is 0 Å². The zero-order chi connectivity index (χ0) is 20.4. The molecule has 136 valence electrons. The van der Waals surface area contributed by atoms with E-state index < -0.39 is 0 Å². The molecule has 0 fully saturated rings. The van der Waals surface area contributed by atoms with Crippen LogP contribution >= 0.6 is 22.7 Å². The highest BCUT2D eigenvalue weighted by Gasteiger charge is 2.18. The number of hydrogen-bond acceptors (Lipinski definition) is 6. The summed E-state index contributed by atoms with van der Waals surface area (Å²) in [5.74, 6) is 0.345. The van der Waals surface area contributed by atoms with Crippen LogP contribution in [-0.4, -0.2) is 0 Å². The van der Waals surface area contributed by atoms with Crippen molar-refractivity contribution in [2.75, 3.05) is 0 Å². The second-order valence-electron chi connectivity index (χ2n) is 6.46. The quantitative estimate of drug-likeness (QED) is 0.642. The molecular weight excluding hydrogens is 384 g/mol. The van der Waals surface area contributed by atoms with Crippen molar-refractivity contribution in [3.8, 4) is 24.3 Å². The van der Waals surface area contributed by atoms with Gasteiger partial charge >= 0.3 is 0 Å². The van der Waals surface area contributed by atoms with Gasteiger partial charge in [0.15, 0.2) is 0 Å². The summed E-state index contributed by atoms with van der Waals surface area (Å²) in [5, 5.41) is 40.7. The lowest BCUT2D eigenvalue weighted by atomic mass is 10.00. The number of rotatable bonds is 3. The fourth-order valence-electron chi connectivity index (χ4n) is 3.24. The second-order valence-corrected chi connectivity index (χ2v) is 8.68. The van der Waals surface area contributed by atoms with Crippen LogP contribution in [0.15, 0.2) is 12.1 Å². The lowest BCUT2D eigenvalue weighted by Gasteiger charge is -2.02. The molecule has 0 bridgehead atoms. The largest absolute Gasteiger partial charge is 0.192 e. The van der Waals surface area contributed by atoms with Crippen LogP contribution in [0.3, 0.4) is 0 Å². The van der Waals surface area contributed by atoms with Crippen LogP contribution in [0.25, 0.3) is 31.3 Å². The van der Waals surface area contributed by atoms with Crippen LogP contribution in [-0.2, 0) is 6.42 Å². The smallest absolute Gasteiger partial charge is 0.138 e. The van der Waals surface area contributed by atoms with Gasteiger partial charge in [-0.05, 0) is 30.9 Å². The Balaban J connectivity index is 2.83. The van der Waals surface area contributed by atoms with Gasteiger partial charge in [0.1, 0.15) is 35.4 Å². The Morgan fingerprint density at radius 2 is 1.36 bits per heavy atom. The summed E-state index contributed by atoms with van der Waals surface area (Å²) >= 11 is 3.33. The molecule has 0 aliphatic heterocycles. The van der Waals surface area contributed by atoms with E-state index in [-0.39, 0.29) is 11.1 Å². The highest BCUT2D eigenvalue weighted by molar-refractivity contribution is 7.27. The Morgan fingerprint density at radius 3 is 1.82 bits per heavy atom. The van der Waals surface area contributed by atoms with Gasteiger partial charge in [-0.15, -0.1) is 22.7 Å². The van der Waals surface area contributed by atoms with Gasteiger partial charge in [-0.1, -0.05) is 20.8 Å². The summed E-state index contributed by atoms with van der Waals surface area (Å²) in [6.07, 6.45) is 1.81. The van der Waals surface area contributed by atoms with Gasteiger partial charge in [0.25, 0.3) is 0 Å². The molecule has 4 nitrogen and oxygen atoms in total. The number of fused-ring (bicyclic) bond motifs is 3. The van der Waals surface area contributed by atoms with Gasteiger partial charge in [-0.25, -0.2) is 0 Å². The van der Waals surface area contributed by atoms with Crippen LogP contribution in [0.5, 0.6) is 0 Å². The molecule has 0 radical (unpaired) electrons. The van der Waals surface area contributed by atoms with E-state index in [1.807, 2.05) is 36.4 Å². The monoisotopic (exact) mass is 400 g/mol. The number of thiophene rings is 2. The molecule has 6 heteroatoms. The highest BCUT2D eigenvalue weighted by atomic mass is 32.1.